The molecule has 1 aliphatic carbocycles. The van der Waals surface area contributed by atoms with Gasteiger partial charge in [-0.15, -0.1) is 0 Å². The standard InChI is InChI=1S/C48H33NO/c1-48(2)41-18-10-9-17-35(41)37-28-39-40(29-42(37)48)46(32-15-7-4-8-16-32)38-27-34(25-26-36(38)45(39)31-13-5-3-6-14-31)30-21-23-33(24-22-30)47-49-43-19-11-12-20-44(43)50-47/h3-29H,1-2H3. The first-order chi connectivity index (χ1) is 24.5. The van der Waals surface area contributed by atoms with Crippen LogP contribution in [0.15, 0.2) is 168 Å². The molecule has 0 fully saturated rings. The molecule has 0 saturated carbocycles. The van der Waals surface area contributed by atoms with Gasteiger partial charge in [-0.1, -0.05) is 135 Å². The van der Waals surface area contributed by atoms with E-state index in [-0.39, 0.29) is 5.41 Å². The van der Waals surface area contributed by atoms with Crippen molar-refractivity contribution in [2.24, 2.45) is 0 Å². The van der Waals surface area contributed by atoms with Gasteiger partial charge in [0.1, 0.15) is 5.52 Å². The van der Waals surface area contributed by atoms with Gasteiger partial charge in [-0.05, 0) is 120 Å². The van der Waals surface area contributed by atoms with Gasteiger partial charge in [-0.3, -0.25) is 0 Å². The molecule has 236 valence electrons. The summed E-state index contributed by atoms with van der Waals surface area (Å²) in [7, 11) is 0. The summed E-state index contributed by atoms with van der Waals surface area (Å²) in [6.07, 6.45) is 0. The third-order valence-electron chi connectivity index (χ3n) is 10.7. The maximum atomic E-state index is 6.07. The second-order valence-corrected chi connectivity index (χ2v) is 13.9. The zero-order valence-corrected chi connectivity index (χ0v) is 27.9. The minimum absolute atomic E-state index is 0.103. The van der Waals surface area contributed by atoms with E-state index in [0.717, 1.165) is 22.2 Å². The second kappa shape index (κ2) is 10.9. The van der Waals surface area contributed by atoms with Crippen LogP contribution in [0, 0.1) is 0 Å². The molecular weight excluding hydrogens is 607 g/mol. The lowest BCUT2D eigenvalue weighted by Gasteiger charge is -2.24. The first-order valence-corrected chi connectivity index (χ1v) is 17.3. The summed E-state index contributed by atoms with van der Waals surface area (Å²) < 4.78 is 6.07. The van der Waals surface area contributed by atoms with Crippen molar-refractivity contribution in [1.29, 1.82) is 0 Å². The monoisotopic (exact) mass is 639 g/mol. The van der Waals surface area contributed by atoms with Crippen molar-refractivity contribution in [3.8, 4) is 56.0 Å². The number of oxazole rings is 1. The Kier molecular flexibility index (Phi) is 6.25. The summed E-state index contributed by atoms with van der Waals surface area (Å²) in [5, 5.41) is 5.06. The molecule has 0 unspecified atom stereocenters. The minimum Gasteiger partial charge on any atom is -0.436 e. The lowest BCUT2D eigenvalue weighted by atomic mass is 9.79. The fourth-order valence-corrected chi connectivity index (χ4v) is 8.23. The van der Waals surface area contributed by atoms with E-state index in [2.05, 4.69) is 153 Å². The van der Waals surface area contributed by atoms with Gasteiger partial charge in [-0.25, -0.2) is 4.98 Å². The summed E-state index contributed by atoms with van der Waals surface area (Å²) in [5.41, 5.74) is 15.3. The number of aromatic nitrogens is 1. The quantitative estimate of drug-likeness (QED) is 0.179. The van der Waals surface area contributed by atoms with E-state index >= 15 is 0 Å². The molecular formula is C48H33NO. The molecule has 0 N–H and O–H groups in total. The third kappa shape index (κ3) is 4.32. The van der Waals surface area contributed by atoms with Crippen molar-refractivity contribution >= 4 is 32.6 Å². The maximum absolute atomic E-state index is 6.07. The molecule has 2 heteroatoms. The first-order valence-electron chi connectivity index (χ1n) is 17.3. The molecule has 0 radical (unpaired) electrons. The van der Waals surface area contributed by atoms with Gasteiger partial charge in [-0.2, -0.15) is 0 Å². The van der Waals surface area contributed by atoms with Gasteiger partial charge in [0.15, 0.2) is 5.58 Å². The van der Waals surface area contributed by atoms with Crippen molar-refractivity contribution < 1.29 is 4.42 Å². The van der Waals surface area contributed by atoms with E-state index in [9.17, 15) is 0 Å². The Morgan fingerprint density at radius 1 is 0.420 bits per heavy atom. The lowest BCUT2D eigenvalue weighted by molar-refractivity contribution is 0.620. The number of rotatable bonds is 4. The van der Waals surface area contributed by atoms with Crippen LogP contribution in [0.3, 0.4) is 0 Å². The topological polar surface area (TPSA) is 26.0 Å². The van der Waals surface area contributed by atoms with Gasteiger partial charge in [0.25, 0.3) is 0 Å². The average molecular weight is 640 g/mol. The molecule has 8 aromatic carbocycles. The molecule has 1 aromatic heterocycles. The van der Waals surface area contributed by atoms with Crippen LogP contribution in [-0.4, -0.2) is 4.98 Å². The fraction of sp³-hybridized carbons (Fsp3) is 0.0625. The molecule has 0 saturated heterocycles. The molecule has 1 heterocycles. The Hall–Kier alpha value is -6.25. The fourth-order valence-electron chi connectivity index (χ4n) is 8.23. The predicted molar refractivity (Wildman–Crippen MR) is 208 cm³/mol. The van der Waals surface area contributed by atoms with Crippen molar-refractivity contribution in [2.75, 3.05) is 0 Å². The summed E-state index contributed by atoms with van der Waals surface area (Å²) in [6, 6.07) is 59.2. The number of hydrogen-bond acceptors (Lipinski definition) is 2. The highest BCUT2D eigenvalue weighted by Crippen LogP contribution is 2.53. The van der Waals surface area contributed by atoms with Crippen molar-refractivity contribution in [3.05, 3.63) is 175 Å². The van der Waals surface area contributed by atoms with Crippen molar-refractivity contribution in [3.63, 3.8) is 0 Å². The van der Waals surface area contributed by atoms with Crippen LogP contribution in [-0.2, 0) is 5.41 Å². The summed E-state index contributed by atoms with van der Waals surface area (Å²) in [5.74, 6) is 0.638. The van der Waals surface area contributed by atoms with Crippen molar-refractivity contribution in [2.45, 2.75) is 19.3 Å². The Labute approximate surface area is 291 Å². The van der Waals surface area contributed by atoms with Crippen LogP contribution in [0.4, 0.5) is 0 Å². The van der Waals surface area contributed by atoms with Crippen LogP contribution in [0.2, 0.25) is 0 Å². The first kappa shape index (κ1) is 28.7. The normalized spacial score (nSPS) is 13.2. The Bertz CT molecular complexity index is 2720. The van der Waals surface area contributed by atoms with Crippen LogP contribution in [0.5, 0.6) is 0 Å². The Morgan fingerprint density at radius 3 is 1.74 bits per heavy atom. The minimum atomic E-state index is -0.103. The molecule has 0 atom stereocenters. The Morgan fingerprint density at radius 2 is 1.00 bits per heavy atom. The zero-order chi connectivity index (χ0) is 33.4. The van der Waals surface area contributed by atoms with Crippen LogP contribution < -0.4 is 0 Å². The number of hydrogen-bond donors (Lipinski definition) is 0. The summed E-state index contributed by atoms with van der Waals surface area (Å²) in [6.45, 7) is 4.74. The van der Waals surface area contributed by atoms with Crippen LogP contribution >= 0.6 is 0 Å². The SMILES string of the molecule is CC1(C)c2ccccc2-c2cc3c(-c4ccccc4)c4ccc(-c5ccc(-c6nc7ccccc7o6)cc5)cc4c(-c4ccccc4)c3cc21. The van der Waals surface area contributed by atoms with E-state index in [1.165, 1.54) is 71.6 Å². The van der Waals surface area contributed by atoms with E-state index in [1.807, 2.05) is 24.3 Å². The van der Waals surface area contributed by atoms with Gasteiger partial charge in [0, 0.05) is 11.0 Å². The summed E-state index contributed by atoms with van der Waals surface area (Å²) in [4.78, 5) is 4.72. The molecule has 0 bridgehead atoms. The molecule has 0 amide bonds. The molecule has 10 rings (SSSR count). The molecule has 1 aliphatic rings. The van der Waals surface area contributed by atoms with E-state index in [4.69, 9.17) is 9.40 Å². The number of para-hydroxylation sites is 2. The van der Waals surface area contributed by atoms with Crippen LogP contribution in [0.1, 0.15) is 25.0 Å². The van der Waals surface area contributed by atoms with E-state index < -0.39 is 0 Å². The number of fused-ring (bicyclic) bond motifs is 6. The highest BCUT2D eigenvalue weighted by atomic mass is 16.3. The highest BCUT2D eigenvalue weighted by Gasteiger charge is 2.36. The summed E-state index contributed by atoms with van der Waals surface area (Å²) >= 11 is 0. The Balaban J connectivity index is 1.24. The molecule has 2 nitrogen and oxygen atoms in total. The molecule has 0 aliphatic heterocycles. The smallest absolute Gasteiger partial charge is 0.227 e. The molecule has 9 aromatic rings. The largest absolute Gasteiger partial charge is 0.436 e. The number of nitrogens with zero attached hydrogens (tertiary/aromatic N) is 1. The highest BCUT2D eigenvalue weighted by molar-refractivity contribution is 6.23. The van der Waals surface area contributed by atoms with Gasteiger partial charge in [0.2, 0.25) is 5.89 Å². The van der Waals surface area contributed by atoms with Gasteiger partial charge < -0.3 is 4.42 Å². The average Bonchev–Trinajstić information content (AvgIpc) is 3.70. The van der Waals surface area contributed by atoms with E-state index in [0.29, 0.717) is 5.89 Å². The molecule has 0 spiro atoms. The second-order valence-electron chi connectivity index (χ2n) is 13.9. The van der Waals surface area contributed by atoms with Gasteiger partial charge >= 0.3 is 0 Å². The van der Waals surface area contributed by atoms with Gasteiger partial charge in [0.05, 0.1) is 0 Å². The number of benzene rings is 8. The maximum Gasteiger partial charge on any atom is 0.227 e. The lowest BCUT2D eigenvalue weighted by Crippen LogP contribution is -2.14. The molecule has 50 heavy (non-hydrogen) atoms. The van der Waals surface area contributed by atoms with Crippen LogP contribution in [0.25, 0.3) is 88.6 Å². The predicted octanol–water partition coefficient (Wildman–Crippen LogP) is 13.1. The van der Waals surface area contributed by atoms with E-state index in [1.54, 1.807) is 0 Å². The third-order valence-corrected chi connectivity index (χ3v) is 10.7. The van der Waals surface area contributed by atoms with Crippen molar-refractivity contribution in [1.82, 2.24) is 4.98 Å². The zero-order valence-electron chi connectivity index (χ0n) is 27.9.